The molecule has 0 aliphatic carbocycles. The number of nitrogens with one attached hydrogen (secondary N) is 1. The molecular weight excluding hydrogens is 194 g/mol. The zero-order valence-corrected chi connectivity index (χ0v) is 8.27. The Hall–Kier alpha value is -1.39. The molecule has 0 saturated carbocycles. The normalized spacial score (nSPS) is 26.1. The second kappa shape index (κ2) is 4.00. The minimum Gasteiger partial charge on any atom is -0.479 e. The summed E-state index contributed by atoms with van der Waals surface area (Å²) in [6, 6.07) is 9.05. The molecule has 80 valence electrons. The van der Waals surface area contributed by atoms with Crippen LogP contribution in [0.5, 0.6) is 0 Å². The van der Waals surface area contributed by atoms with Crippen molar-refractivity contribution in [2.24, 2.45) is 0 Å². The fourth-order valence-corrected chi connectivity index (χ4v) is 1.77. The van der Waals surface area contributed by atoms with Gasteiger partial charge in [0.15, 0.2) is 0 Å². The van der Waals surface area contributed by atoms with Gasteiger partial charge >= 0.3 is 5.97 Å². The van der Waals surface area contributed by atoms with Crippen molar-refractivity contribution in [2.45, 2.75) is 5.60 Å². The van der Waals surface area contributed by atoms with Crippen LogP contribution < -0.4 is 5.32 Å². The van der Waals surface area contributed by atoms with Gasteiger partial charge in [0.2, 0.25) is 5.60 Å². The van der Waals surface area contributed by atoms with Crippen molar-refractivity contribution >= 4 is 5.97 Å². The number of benzene rings is 1. The minimum atomic E-state index is -1.22. The molecule has 1 unspecified atom stereocenters. The number of rotatable bonds is 2. The maximum absolute atomic E-state index is 11.3. The molecule has 1 atom stereocenters. The lowest BCUT2D eigenvalue weighted by Crippen LogP contribution is -2.52. The molecule has 2 rings (SSSR count). The molecule has 1 heterocycles. The fraction of sp³-hybridized carbons (Fsp3) is 0.364. The zero-order chi connectivity index (χ0) is 10.7. The SMILES string of the molecule is O=C(O)C1(c2ccccc2)CNCCO1. The average Bonchev–Trinajstić information content (AvgIpc) is 2.31. The Morgan fingerprint density at radius 3 is 2.67 bits per heavy atom. The first-order valence-electron chi connectivity index (χ1n) is 4.89. The number of carbonyl (C=O) groups is 1. The van der Waals surface area contributed by atoms with E-state index in [4.69, 9.17) is 4.74 Å². The molecule has 0 spiro atoms. The van der Waals surface area contributed by atoms with Crippen LogP contribution in [0.25, 0.3) is 0 Å². The van der Waals surface area contributed by atoms with E-state index in [0.717, 1.165) is 0 Å². The summed E-state index contributed by atoms with van der Waals surface area (Å²) in [5.41, 5.74) is -0.538. The fourth-order valence-electron chi connectivity index (χ4n) is 1.77. The molecule has 1 aromatic carbocycles. The van der Waals surface area contributed by atoms with Crippen LogP contribution in [0.1, 0.15) is 5.56 Å². The van der Waals surface area contributed by atoms with Crippen LogP contribution in [0.2, 0.25) is 0 Å². The van der Waals surface area contributed by atoms with Gasteiger partial charge in [0.25, 0.3) is 0 Å². The summed E-state index contributed by atoms with van der Waals surface area (Å²) in [4.78, 5) is 11.3. The molecule has 0 bridgehead atoms. The molecule has 0 radical (unpaired) electrons. The van der Waals surface area contributed by atoms with Gasteiger partial charge in [-0.05, 0) is 5.56 Å². The Balaban J connectivity index is 2.38. The first kappa shape index (κ1) is 10.1. The van der Waals surface area contributed by atoms with E-state index < -0.39 is 11.6 Å². The Kier molecular flexibility index (Phi) is 2.70. The maximum Gasteiger partial charge on any atom is 0.342 e. The number of hydrogen-bond donors (Lipinski definition) is 2. The van der Waals surface area contributed by atoms with E-state index in [1.54, 1.807) is 12.1 Å². The van der Waals surface area contributed by atoms with Crippen LogP contribution in [0.15, 0.2) is 30.3 Å². The summed E-state index contributed by atoms with van der Waals surface area (Å²) < 4.78 is 5.45. The van der Waals surface area contributed by atoms with Gasteiger partial charge in [-0.15, -0.1) is 0 Å². The predicted molar refractivity (Wildman–Crippen MR) is 54.6 cm³/mol. The van der Waals surface area contributed by atoms with E-state index >= 15 is 0 Å². The molecule has 2 N–H and O–H groups in total. The van der Waals surface area contributed by atoms with Crippen molar-refractivity contribution in [3.05, 3.63) is 35.9 Å². The van der Waals surface area contributed by atoms with Crippen molar-refractivity contribution in [3.63, 3.8) is 0 Å². The van der Waals surface area contributed by atoms with Crippen molar-refractivity contribution < 1.29 is 14.6 Å². The third-order valence-electron chi connectivity index (χ3n) is 2.59. The lowest BCUT2D eigenvalue weighted by Gasteiger charge is -2.34. The first-order valence-corrected chi connectivity index (χ1v) is 4.89. The van der Waals surface area contributed by atoms with E-state index in [9.17, 15) is 9.90 Å². The van der Waals surface area contributed by atoms with E-state index in [1.807, 2.05) is 18.2 Å². The topological polar surface area (TPSA) is 58.6 Å². The van der Waals surface area contributed by atoms with Crippen LogP contribution in [-0.4, -0.2) is 30.8 Å². The zero-order valence-electron chi connectivity index (χ0n) is 8.27. The third-order valence-corrected chi connectivity index (χ3v) is 2.59. The smallest absolute Gasteiger partial charge is 0.342 e. The molecule has 0 aromatic heterocycles. The van der Waals surface area contributed by atoms with Crippen LogP contribution in [0, 0.1) is 0 Å². The van der Waals surface area contributed by atoms with Gasteiger partial charge in [-0.25, -0.2) is 4.79 Å². The lowest BCUT2D eigenvalue weighted by atomic mass is 9.92. The van der Waals surface area contributed by atoms with E-state index in [-0.39, 0.29) is 0 Å². The Labute approximate surface area is 87.9 Å². The quantitative estimate of drug-likeness (QED) is 0.745. The van der Waals surface area contributed by atoms with Crippen LogP contribution >= 0.6 is 0 Å². The van der Waals surface area contributed by atoms with Crippen molar-refractivity contribution in [2.75, 3.05) is 19.7 Å². The number of hydrogen-bond acceptors (Lipinski definition) is 3. The van der Waals surface area contributed by atoms with Crippen molar-refractivity contribution in [3.8, 4) is 0 Å². The van der Waals surface area contributed by atoms with Crippen molar-refractivity contribution in [1.29, 1.82) is 0 Å². The molecule has 1 aliphatic heterocycles. The second-order valence-electron chi connectivity index (χ2n) is 3.52. The summed E-state index contributed by atoms with van der Waals surface area (Å²) in [7, 11) is 0. The van der Waals surface area contributed by atoms with Gasteiger partial charge in [0.05, 0.1) is 6.61 Å². The van der Waals surface area contributed by atoms with E-state index in [2.05, 4.69) is 5.32 Å². The Bertz CT molecular complexity index is 344. The molecule has 4 nitrogen and oxygen atoms in total. The first-order chi connectivity index (χ1) is 7.26. The maximum atomic E-state index is 11.3. The van der Waals surface area contributed by atoms with Crippen molar-refractivity contribution in [1.82, 2.24) is 5.32 Å². The van der Waals surface area contributed by atoms with Crippen LogP contribution in [-0.2, 0) is 15.1 Å². The molecule has 1 fully saturated rings. The molecule has 1 aliphatic rings. The molecule has 1 aromatic rings. The average molecular weight is 207 g/mol. The molecular formula is C11H13NO3. The highest BCUT2D eigenvalue weighted by atomic mass is 16.5. The number of carboxylic acids is 1. The van der Waals surface area contributed by atoms with Gasteiger partial charge in [0.1, 0.15) is 0 Å². The summed E-state index contributed by atoms with van der Waals surface area (Å²) in [5.74, 6) is -0.944. The highest BCUT2D eigenvalue weighted by Crippen LogP contribution is 2.27. The standard InChI is InChI=1S/C11H13NO3/c13-10(14)11(8-12-6-7-15-11)9-4-2-1-3-5-9/h1-5,12H,6-8H2,(H,13,14). The van der Waals surface area contributed by atoms with Gasteiger partial charge in [-0.3, -0.25) is 0 Å². The minimum absolute atomic E-state index is 0.312. The highest BCUT2D eigenvalue weighted by Gasteiger charge is 2.42. The van der Waals surface area contributed by atoms with Gasteiger partial charge in [-0.1, -0.05) is 30.3 Å². The molecule has 1 saturated heterocycles. The summed E-state index contributed by atoms with van der Waals surface area (Å²) in [6.07, 6.45) is 0. The Morgan fingerprint density at radius 1 is 1.40 bits per heavy atom. The number of morpholine rings is 1. The van der Waals surface area contributed by atoms with Crippen LogP contribution in [0.3, 0.4) is 0 Å². The summed E-state index contributed by atoms with van der Waals surface area (Å²) in [5, 5.41) is 12.3. The molecule has 15 heavy (non-hydrogen) atoms. The molecule has 0 amide bonds. The monoisotopic (exact) mass is 207 g/mol. The highest BCUT2D eigenvalue weighted by molar-refractivity contribution is 5.80. The Morgan fingerprint density at radius 2 is 2.13 bits per heavy atom. The van der Waals surface area contributed by atoms with E-state index in [1.165, 1.54) is 0 Å². The van der Waals surface area contributed by atoms with Crippen LogP contribution in [0.4, 0.5) is 0 Å². The molecule has 4 heteroatoms. The number of carboxylic acid groups (broad SMARTS) is 1. The second-order valence-corrected chi connectivity index (χ2v) is 3.52. The van der Waals surface area contributed by atoms with Gasteiger partial charge < -0.3 is 15.2 Å². The third kappa shape index (κ3) is 1.73. The predicted octanol–water partition coefficient (Wildman–Crippen LogP) is 0.586. The van der Waals surface area contributed by atoms with Gasteiger partial charge in [-0.2, -0.15) is 0 Å². The summed E-state index contributed by atoms with van der Waals surface area (Å²) in [6.45, 7) is 1.43. The lowest BCUT2D eigenvalue weighted by molar-refractivity contribution is -0.171. The number of ether oxygens (including phenoxy) is 1. The summed E-state index contributed by atoms with van der Waals surface area (Å²) >= 11 is 0. The number of aliphatic carboxylic acids is 1. The van der Waals surface area contributed by atoms with Gasteiger partial charge in [0, 0.05) is 13.1 Å². The van der Waals surface area contributed by atoms with E-state index in [0.29, 0.717) is 25.3 Å². The largest absolute Gasteiger partial charge is 0.479 e.